The highest BCUT2D eigenvalue weighted by atomic mass is 35.5. The van der Waals surface area contributed by atoms with Crippen molar-refractivity contribution in [2.75, 3.05) is 0 Å². The van der Waals surface area contributed by atoms with Gasteiger partial charge in [-0.25, -0.2) is 4.98 Å². The lowest BCUT2D eigenvalue weighted by molar-refractivity contribution is 0.0940. The fourth-order valence-electron chi connectivity index (χ4n) is 2.74. The molecule has 1 amide bonds. The second kappa shape index (κ2) is 7.11. The number of hydrogen-bond donors (Lipinski definition) is 1. The van der Waals surface area contributed by atoms with Gasteiger partial charge >= 0.3 is 0 Å². The third-order valence-corrected chi connectivity index (χ3v) is 5.37. The van der Waals surface area contributed by atoms with E-state index in [1.54, 1.807) is 27.9 Å². The Bertz CT molecular complexity index is 1090. The first-order valence-electron chi connectivity index (χ1n) is 7.86. The summed E-state index contributed by atoms with van der Waals surface area (Å²) in [5.74, 6) is 0.0779. The van der Waals surface area contributed by atoms with E-state index in [4.69, 9.17) is 23.2 Å². The van der Waals surface area contributed by atoms with Gasteiger partial charge in [-0.3, -0.25) is 9.20 Å². The minimum absolute atomic E-state index is 0.240. The van der Waals surface area contributed by atoms with E-state index in [1.165, 1.54) is 0 Å². The van der Waals surface area contributed by atoms with Crippen LogP contribution in [0.5, 0.6) is 0 Å². The maximum absolute atomic E-state index is 12.7. The molecule has 0 saturated carbocycles. The van der Waals surface area contributed by atoms with Gasteiger partial charge < -0.3 is 5.32 Å². The Hall–Kier alpha value is -2.34. The van der Waals surface area contributed by atoms with Crippen LogP contribution in [0.3, 0.4) is 0 Å². The number of fused-ring (bicyclic) bond motifs is 1. The molecule has 7 heteroatoms. The second-order valence-electron chi connectivity index (χ2n) is 5.63. The largest absolute Gasteiger partial charge is 0.344 e. The number of hydrogen-bond acceptors (Lipinski definition) is 3. The van der Waals surface area contributed by atoms with E-state index in [2.05, 4.69) is 10.3 Å². The van der Waals surface area contributed by atoms with Crippen molar-refractivity contribution in [1.82, 2.24) is 14.7 Å². The molecule has 3 aromatic heterocycles. The number of benzene rings is 1. The first-order valence-corrected chi connectivity index (χ1v) is 9.50. The van der Waals surface area contributed by atoms with Gasteiger partial charge in [0.05, 0.1) is 22.8 Å². The predicted octanol–water partition coefficient (Wildman–Crippen LogP) is 5.30. The van der Waals surface area contributed by atoms with Crippen molar-refractivity contribution in [3.63, 3.8) is 0 Å². The Labute approximate surface area is 164 Å². The number of carbonyl (C=O) groups excluding carboxylic acids is 1. The van der Waals surface area contributed by atoms with Crippen LogP contribution in [0.25, 0.3) is 16.8 Å². The van der Waals surface area contributed by atoms with Crippen LogP contribution in [0.15, 0.2) is 60.1 Å². The number of nitrogens with zero attached hydrogens (tertiary/aromatic N) is 2. The molecule has 0 bridgehead atoms. The molecule has 0 aliphatic carbocycles. The van der Waals surface area contributed by atoms with E-state index in [-0.39, 0.29) is 5.91 Å². The number of rotatable bonds is 4. The Morgan fingerprint density at radius 3 is 2.81 bits per heavy atom. The van der Waals surface area contributed by atoms with Crippen LogP contribution >= 0.6 is 34.5 Å². The average Bonchev–Trinajstić information content (AvgIpc) is 3.28. The summed E-state index contributed by atoms with van der Waals surface area (Å²) >= 11 is 13.9. The molecule has 0 radical (unpaired) electrons. The van der Waals surface area contributed by atoms with E-state index in [0.717, 1.165) is 16.0 Å². The SMILES string of the molecule is O=C(NCc1cccs1)c1nc(-c2ccc(Cl)cc2Cl)c2ccccn12. The fraction of sp³-hybridized carbons (Fsp3) is 0.0526. The number of imidazole rings is 1. The molecule has 0 aliphatic rings. The molecule has 1 aromatic carbocycles. The highest BCUT2D eigenvalue weighted by molar-refractivity contribution is 7.09. The summed E-state index contributed by atoms with van der Waals surface area (Å²) in [6.07, 6.45) is 1.82. The van der Waals surface area contributed by atoms with Gasteiger partial charge in [0, 0.05) is 21.7 Å². The molecule has 1 N–H and O–H groups in total. The second-order valence-corrected chi connectivity index (χ2v) is 7.50. The molecule has 0 atom stereocenters. The van der Waals surface area contributed by atoms with Gasteiger partial charge in [0.1, 0.15) is 0 Å². The van der Waals surface area contributed by atoms with Crippen molar-refractivity contribution in [3.05, 3.63) is 80.9 Å². The van der Waals surface area contributed by atoms with E-state index in [9.17, 15) is 4.79 Å². The summed E-state index contributed by atoms with van der Waals surface area (Å²) < 4.78 is 1.77. The minimum atomic E-state index is -0.240. The molecule has 0 unspecified atom stereocenters. The number of carbonyl (C=O) groups is 1. The lowest BCUT2D eigenvalue weighted by Gasteiger charge is -2.02. The number of thiophene rings is 1. The number of pyridine rings is 1. The van der Waals surface area contributed by atoms with Gasteiger partial charge in [-0.05, 0) is 41.8 Å². The van der Waals surface area contributed by atoms with Gasteiger partial charge in [0.2, 0.25) is 5.82 Å². The quantitative estimate of drug-likeness (QED) is 0.504. The Balaban J connectivity index is 1.75. The van der Waals surface area contributed by atoms with Crippen molar-refractivity contribution in [3.8, 4) is 11.3 Å². The van der Waals surface area contributed by atoms with Crippen molar-refractivity contribution < 1.29 is 4.79 Å². The minimum Gasteiger partial charge on any atom is -0.344 e. The maximum Gasteiger partial charge on any atom is 0.287 e. The molecule has 0 aliphatic heterocycles. The number of aromatic nitrogens is 2. The summed E-state index contributed by atoms with van der Waals surface area (Å²) in [6.45, 7) is 0.468. The van der Waals surface area contributed by atoms with Crippen LogP contribution in [0.2, 0.25) is 10.0 Å². The molecule has 130 valence electrons. The Kier molecular flexibility index (Phi) is 4.68. The van der Waals surface area contributed by atoms with E-state index in [1.807, 2.05) is 48.0 Å². The summed E-state index contributed by atoms with van der Waals surface area (Å²) in [5.41, 5.74) is 2.18. The zero-order valence-corrected chi connectivity index (χ0v) is 15.8. The van der Waals surface area contributed by atoms with Crippen LogP contribution in [0.1, 0.15) is 15.5 Å². The molecule has 4 nitrogen and oxygen atoms in total. The third kappa shape index (κ3) is 3.21. The molecule has 3 heterocycles. The Morgan fingerprint density at radius 1 is 1.15 bits per heavy atom. The van der Waals surface area contributed by atoms with Crippen molar-refractivity contribution >= 4 is 46.0 Å². The molecule has 0 fully saturated rings. The monoisotopic (exact) mass is 401 g/mol. The normalized spacial score (nSPS) is 11.0. The third-order valence-electron chi connectivity index (χ3n) is 3.94. The highest BCUT2D eigenvalue weighted by Crippen LogP contribution is 2.32. The van der Waals surface area contributed by atoms with Crippen LogP contribution in [-0.2, 0) is 6.54 Å². The molecular weight excluding hydrogens is 389 g/mol. The summed E-state index contributed by atoms with van der Waals surface area (Å²) in [7, 11) is 0. The molecule has 4 aromatic rings. The molecule has 26 heavy (non-hydrogen) atoms. The van der Waals surface area contributed by atoms with E-state index in [0.29, 0.717) is 28.1 Å². The van der Waals surface area contributed by atoms with Gasteiger partial charge in [-0.2, -0.15) is 0 Å². The van der Waals surface area contributed by atoms with Gasteiger partial charge in [-0.15, -0.1) is 11.3 Å². The number of halogens is 2. The van der Waals surface area contributed by atoms with E-state index < -0.39 is 0 Å². The molecule has 0 spiro atoms. The lowest BCUT2D eigenvalue weighted by atomic mass is 10.1. The lowest BCUT2D eigenvalue weighted by Crippen LogP contribution is -2.24. The van der Waals surface area contributed by atoms with Crippen molar-refractivity contribution in [2.24, 2.45) is 0 Å². The zero-order chi connectivity index (χ0) is 18.1. The van der Waals surface area contributed by atoms with Crippen LogP contribution in [-0.4, -0.2) is 15.3 Å². The predicted molar refractivity (Wildman–Crippen MR) is 106 cm³/mol. The standard InChI is InChI=1S/C19H13Cl2N3OS/c20-12-6-7-14(15(21)10-12)17-16-5-1-2-8-24(16)18(23-17)19(25)22-11-13-4-3-9-26-13/h1-10H,11H2,(H,22,25). The number of nitrogens with one attached hydrogen (secondary N) is 1. The molecule has 4 rings (SSSR count). The summed E-state index contributed by atoms with van der Waals surface area (Å²) in [6, 6.07) is 14.8. The zero-order valence-electron chi connectivity index (χ0n) is 13.4. The van der Waals surface area contributed by atoms with Crippen LogP contribution in [0.4, 0.5) is 0 Å². The summed E-state index contributed by atoms with van der Waals surface area (Å²) in [5, 5.41) is 5.94. The van der Waals surface area contributed by atoms with Crippen molar-refractivity contribution in [1.29, 1.82) is 0 Å². The first-order chi connectivity index (χ1) is 12.6. The topological polar surface area (TPSA) is 46.4 Å². The Morgan fingerprint density at radius 2 is 2.04 bits per heavy atom. The van der Waals surface area contributed by atoms with Crippen LogP contribution in [0, 0.1) is 0 Å². The fourth-order valence-corrected chi connectivity index (χ4v) is 3.88. The van der Waals surface area contributed by atoms with Gasteiger partial charge in [0.25, 0.3) is 5.91 Å². The van der Waals surface area contributed by atoms with Crippen LogP contribution < -0.4 is 5.32 Å². The smallest absolute Gasteiger partial charge is 0.287 e. The molecule has 0 saturated heterocycles. The first kappa shape index (κ1) is 17.1. The molecular formula is C19H13Cl2N3OS. The van der Waals surface area contributed by atoms with E-state index >= 15 is 0 Å². The average molecular weight is 402 g/mol. The number of amides is 1. The van der Waals surface area contributed by atoms with Crippen molar-refractivity contribution in [2.45, 2.75) is 6.54 Å². The maximum atomic E-state index is 12.7. The summed E-state index contributed by atoms with van der Waals surface area (Å²) in [4.78, 5) is 18.4. The van der Waals surface area contributed by atoms with Gasteiger partial charge in [0.15, 0.2) is 0 Å². The highest BCUT2D eigenvalue weighted by Gasteiger charge is 2.19. The van der Waals surface area contributed by atoms with Gasteiger partial charge in [-0.1, -0.05) is 35.3 Å².